The van der Waals surface area contributed by atoms with Crippen LogP contribution in [0, 0.1) is 5.82 Å². The molecule has 1 heterocycles. The predicted molar refractivity (Wildman–Crippen MR) is 56.0 cm³/mol. The average Bonchev–Trinajstić information content (AvgIpc) is 2.58. The van der Waals surface area contributed by atoms with E-state index in [1.807, 2.05) is 0 Å². The summed E-state index contributed by atoms with van der Waals surface area (Å²) in [5, 5.41) is 0. The molecule has 0 spiro atoms. The number of hydrogen-bond acceptors (Lipinski definition) is 2. The minimum atomic E-state index is -0.332. The van der Waals surface area contributed by atoms with E-state index in [-0.39, 0.29) is 24.2 Å². The summed E-state index contributed by atoms with van der Waals surface area (Å²) in [4.78, 5) is 23.5. The number of imide groups is 1. The van der Waals surface area contributed by atoms with Crippen molar-refractivity contribution in [2.75, 3.05) is 6.54 Å². The zero-order valence-electron chi connectivity index (χ0n) is 8.52. The molecule has 0 saturated heterocycles. The molecule has 0 aromatic heterocycles. The maximum Gasteiger partial charge on any atom is 0.253 e. The van der Waals surface area contributed by atoms with E-state index in [0.717, 1.165) is 4.90 Å². The van der Waals surface area contributed by atoms with Crippen LogP contribution in [-0.4, -0.2) is 23.3 Å². The van der Waals surface area contributed by atoms with Crippen molar-refractivity contribution in [2.24, 2.45) is 0 Å². The number of halogens is 1. The zero-order chi connectivity index (χ0) is 11.5. The van der Waals surface area contributed by atoms with Crippen LogP contribution in [0.4, 0.5) is 4.39 Å². The van der Waals surface area contributed by atoms with Gasteiger partial charge in [-0.05, 0) is 18.1 Å². The molecule has 1 aliphatic heterocycles. The summed E-state index contributed by atoms with van der Waals surface area (Å²) in [6.07, 6.45) is 2.79. The van der Waals surface area contributed by atoms with Crippen LogP contribution in [0.1, 0.15) is 5.56 Å². The van der Waals surface area contributed by atoms with Gasteiger partial charge in [-0.15, -0.1) is 0 Å². The summed E-state index contributed by atoms with van der Waals surface area (Å²) < 4.78 is 13.3. The average molecular weight is 219 g/mol. The van der Waals surface area contributed by atoms with Crippen molar-refractivity contribution < 1.29 is 14.0 Å². The Kier molecular flexibility index (Phi) is 2.81. The molecule has 16 heavy (non-hydrogen) atoms. The Morgan fingerprint density at radius 1 is 1.06 bits per heavy atom. The van der Waals surface area contributed by atoms with Gasteiger partial charge in [-0.25, -0.2) is 4.39 Å². The molecule has 0 N–H and O–H groups in total. The molecule has 3 nitrogen and oxygen atoms in total. The highest BCUT2D eigenvalue weighted by atomic mass is 19.1. The van der Waals surface area contributed by atoms with Crippen LogP contribution in [0.15, 0.2) is 36.4 Å². The monoisotopic (exact) mass is 219 g/mol. The fraction of sp³-hybridized carbons (Fsp3) is 0.167. The predicted octanol–water partition coefficient (Wildman–Crippen LogP) is 1.29. The van der Waals surface area contributed by atoms with Gasteiger partial charge in [-0.2, -0.15) is 0 Å². The second kappa shape index (κ2) is 4.26. The van der Waals surface area contributed by atoms with Crippen molar-refractivity contribution in [3.8, 4) is 0 Å². The van der Waals surface area contributed by atoms with E-state index in [4.69, 9.17) is 0 Å². The molecule has 0 unspecified atom stereocenters. The second-order valence-corrected chi connectivity index (χ2v) is 3.50. The van der Waals surface area contributed by atoms with Gasteiger partial charge in [-0.1, -0.05) is 18.2 Å². The molecular weight excluding hydrogens is 209 g/mol. The van der Waals surface area contributed by atoms with E-state index in [1.165, 1.54) is 18.2 Å². The maximum absolute atomic E-state index is 13.3. The fourth-order valence-corrected chi connectivity index (χ4v) is 1.58. The number of carbonyl (C=O) groups excluding carboxylic acids is 2. The van der Waals surface area contributed by atoms with Crippen molar-refractivity contribution in [1.29, 1.82) is 0 Å². The van der Waals surface area contributed by atoms with Crippen molar-refractivity contribution in [1.82, 2.24) is 4.90 Å². The highest BCUT2D eigenvalue weighted by Crippen LogP contribution is 2.10. The van der Waals surface area contributed by atoms with Crippen LogP contribution in [-0.2, 0) is 16.0 Å². The SMILES string of the molecule is O=C1C=CC(=O)N1CCc1ccccc1F. The first-order valence-corrected chi connectivity index (χ1v) is 4.95. The van der Waals surface area contributed by atoms with Gasteiger partial charge in [0.1, 0.15) is 5.82 Å². The fourth-order valence-electron chi connectivity index (χ4n) is 1.58. The third-order valence-corrected chi connectivity index (χ3v) is 2.46. The summed E-state index contributed by atoms with van der Waals surface area (Å²) in [5.41, 5.74) is 0.509. The van der Waals surface area contributed by atoms with E-state index in [9.17, 15) is 14.0 Å². The minimum Gasteiger partial charge on any atom is -0.275 e. The van der Waals surface area contributed by atoms with Crippen molar-refractivity contribution in [3.05, 3.63) is 47.8 Å². The van der Waals surface area contributed by atoms with Crippen molar-refractivity contribution >= 4 is 11.8 Å². The van der Waals surface area contributed by atoms with Gasteiger partial charge in [0.2, 0.25) is 0 Å². The van der Waals surface area contributed by atoms with Gasteiger partial charge in [0.25, 0.3) is 11.8 Å². The van der Waals surface area contributed by atoms with E-state index in [0.29, 0.717) is 12.0 Å². The maximum atomic E-state index is 13.3. The zero-order valence-corrected chi connectivity index (χ0v) is 8.52. The molecule has 1 aromatic carbocycles. The normalized spacial score (nSPS) is 14.9. The van der Waals surface area contributed by atoms with Gasteiger partial charge in [0.15, 0.2) is 0 Å². The van der Waals surface area contributed by atoms with Gasteiger partial charge in [0.05, 0.1) is 0 Å². The summed E-state index contributed by atoms with van der Waals surface area (Å²) >= 11 is 0. The lowest BCUT2D eigenvalue weighted by Gasteiger charge is -2.13. The Morgan fingerprint density at radius 3 is 2.31 bits per heavy atom. The molecule has 0 fully saturated rings. The summed E-state index contributed by atoms with van der Waals surface area (Å²) in [6.45, 7) is 0.214. The Bertz CT molecular complexity index is 450. The Morgan fingerprint density at radius 2 is 1.69 bits per heavy atom. The van der Waals surface area contributed by atoms with Crippen LogP contribution >= 0.6 is 0 Å². The van der Waals surface area contributed by atoms with Crippen LogP contribution in [0.2, 0.25) is 0 Å². The van der Waals surface area contributed by atoms with E-state index in [2.05, 4.69) is 0 Å². The molecule has 1 aliphatic rings. The van der Waals surface area contributed by atoms with Crippen LogP contribution < -0.4 is 0 Å². The summed E-state index contributed by atoms with van der Waals surface area (Å²) in [6, 6.07) is 6.34. The second-order valence-electron chi connectivity index (χ2n) is 3.50. The lowest BCUT2D eigenvalue weighted by molar-refractivity contribution is -0.136. The van der Waals surface area contributed by atoms with E-state index in [1.54, 1.807) is 18.2 Å². The Hall–Kier alpha value is -1.97. The standard InChI is InChI=1S/C12H10FNO2/c13-10-4-2-1-3-9(10)7-8-14-11(15)5-6-12(14)16/h1-6H,7-8H2. The molecule has 2 rings (SSSR count). The van der Waals surface area contributed by atoms with Crippen LogP contribution in [0.3, 0.4) is 0 Å². The van der Waals surface area contributed by atoms with Gasteiger partial charge in [-0.3, -0.25) is 14.5 Å². The highest BCUT2D eigenvalue weighted by Gasteiger charge is 2.22. The summed E-state index contributed by atoms with van der Waals surface area (Å²) in [5.74, 6) is -0.975. The number of nitrogens with zero attached hydrogens (tertiary/aromatic N) is 1. The molecule has 4 heteroatoms. The molecular formula is C12H10FNO2. The molecule has 0 radical (unpaired) electrons. The topological polar surface area (TPSA) is 37.4 Å². The molecule has 2 amide bonds. The Balaban J connectivity index is 2.01. The minimum absolute atomic E-state index is 0.214. The number of amides is 2. The smallest absolute Gasteiger partial charge is 0.253 e. The van der Waals surface area contributed by atoms with Crippen LogP contribution in [0.25, 0.3) is 0 Å². The molecule has 0 saturated carbocycles. The number of rotatable bonds is 3. The first-order chi connectivity index (χ1) is 7.68. The van der Waals surface area contributed by atoms with E-state index >= 15 is 0 Å². The lowest BCUT2D eigenvalue weighted by Crippen LogP contribution is -2.32. The first-order valence-electron chi connectivity index (χ1n) is 4.95. The van der Waals surface area contributed by atoms with Crippen LogP contribution in [0.5, 0.6) is 0 Å². The van der Waals surface area contributed by atoms with Gasteiger partial charge in [0, 0.05) is 18.7 Å². The highest BCUT2D eigenvalue weighted by molar-refractivity contribution is 6.12. The molecule has 1 aromatic rings. The molecule has 0 bridgehead atoms. The molecule has 0 atom stereocenters. The quantitative estimate of drug-likeness (QED) is 0.718. The summed E-state index contributed by atoms with van der Waals surface area (Å²) in [7, 11) is 0. The Labute approximate surface area is 92.2 Å². The van der Waals surface area contributed by atoms with E-state index < -0.39 is 0 Å². The van der Waals surface area contributed by atoms with Gasteiger partial charge < -0.3 is 0 Å². The number of hydrogen-bond donors (Lipinski definition) is 0. The first kappa shape index (κ1) is 10.5. The number of carbonyl (C=O) groups is 2. The third kappa shape index (κ3) is 2.00. The molecule has 82 valence electrons. The molecule has 0 aliphatic carbocycles. The van der Waals surface area contributed by atoms with Gasteiger partial charge >= 0.3 is 0 Å². The number of benzene rings is 1. The third-order valence-electron chi connectivity index (χ3n) is 2.46. The lowest BCUT2D eigenvalue weighted by atomic mass is 10.1. The van der Waals surface area contributed by atoms with Crippen molar-refractivity contribution in [2.45, 2.75) is 6.42 Å². The largest absolute Gasteiger partial charge is 0.275 e. The van der Waals surface area contributed by atoms with Crippen molar-refractivity contribution in [3.63, 3.8) is 0 Å².